The molecule has 0 aliphatic carbocycles. The van der Waals surface area contributed by atoms with Gasteiger partial charge in [0.15, 0.2) is 0 Å². The topological polar surface area (TPSA) is 109 Å². The summed E-state index contributed by atoms with van der Waals surface area (Å²) in [5, 5.41) is 5.17. The quantitative estimate of drug-likeness (QED) is 0.515. The first-order valence-electron chi connectivity index (χ1n) is 11.0. The second-order valence-corrected chi connectivity index (χ2v) is 8.30. The molecule has 3 heterocycles. The number of methoxy groups -OCH3 is 1. The summed E-state index contributed by atoms with van der Waals surface area (Å²) in [4.78, 5) is 37.7. The van der Waals surface area contributed by atoms with Gasteiger partial charge in [0.25, 0.3) is 0 Å². The minimum Gasteiger partial charge on any atom is -0.453 e. The zero-order chi connectivity index (χ0) is 25.9. The summed E-state index contributed by atoms with van der Waals surface area (Å²) in [6.07, 6.45) is -0.516. The standard InChI is InChI=1S/C24H23F3N6O3/c1-14-3-4-18(31-22(34)33-6-5-17(12-33)24(25,26)27)8-19(14)15-7-16(11-28-10-15)20-9-21(30-13-29-20)32-23(35)36-2/h3-4,7-11,13,17H,5-6,12H2,1-2H3,(H,31,34)(H,29,30,32,35)/t17-/m0/s1. The molecule has 36 heavy (non-hydrogen) atoms. The largest absolute Gasteiger partial charge is 0.453 e. The van der Waals surface area contributed by atoms with E-state index in [1.165, 1.54) is 18.3 Å². The number of halogens is 3. The van der Waals surface area contributed by atoms with Gasteiger partial charge in [0.2, 0.25) is 0 Å². The van der Waals surface area contributed by atoms with E-state index in [1.807, 2.05) is 19.1 Å². The monoisotopic (exact) mass is 500 g/mol. The van der Waals surface area contributed by atoms with Crippen LogP contribution in [0.4, 0.5) is 34.3 Å². The maximum absolute atomic E-state index is 13.0. The Balaban J connectivity index is 1.54. The van der Waals surface area contributed by atoms with Crippen LogP contribution in [0.15, 0.2) is 49.1 Å². The Morgan fingerprint density at radius 2 is 1.86 bits per heavy atom. The summed E-state index contributed by atoms with van der Waals surface area (Å²) in [5.74, 6) is -1.25. The van der Waals surface area contributed by atoms with Gasteiger partial charge in [-0.05, 0) is 42.7 Å². The third-order valence-corrected chi connectivity index (χ3v) is 5.85. The molecule has 9 nitrogen and oxygen atoms in total. The van der Waals surface area contributed by atoms with E-state index in [1.54, 1.807) is 30.6 Å². The Hall–Kier alpha value is -4.22. The van der Waals surface area contributed by atoms with Gasteiger partial charge in [-0.2, -0.15) is 13.2 Å². The van der Waals surface area contributed by atoms with Crippen molar-refractivity contribution in [2.24, 2.45) is 5.92 Å². The molecule has 4 rings (SSSR count). The number of aromatic nitrogens is 3. The number of pyridine rings is 1. The predicted octanol–water partition coefficient (Wildman–Crippen LogP) is 5.11. The number of carbonyl (C=O) groups excluding carboxylic acids is 2. The van der Waals surface area contributed by atoms with Crippen LogP contribution in [0.25, 0.3) is 22.4 Å². The average Bonchev–Trinajstić information content (AvgIpc) is 3.37. The average molecular weight is 500 g/mol. The Kier molecular flexibility index (Phi) is 7.04. The van der Waals surface area contributed by atoms with Crippen LogP contribution < -0.4 is 10.6 Å². The van der Waals surface area contributed by atoms with Crippen LogP contribution in [0.5, 0.6) is 0 Å². The summed E-state index contributed by atoms with van der Waals surface area (Å²) in [6.45, 7) is 1.59. The molecule has 0 bridgehead atoms. The number of urea groups is 1. The molecule has 2 aromatic heterocycles. The number of alkyl halides is 3. The second-order valence-electron chi connectivity index (χ2n) is 8.30. The summed E-state index contributed by atoms with van der Waals surface area (Å²) in [7, 11) is 1.24. The van der Waals surface area contributed by atoms with Gasteiger partial charge in [0.05, 0.1) is 18.7 Å². The molecule has 0 spiro atoms. The number of hydrogen-bond donors (Lipinski definition) is 2. The second kappa shape index (κ2) is 10.2. The molecule has 1 aliphatic rings. The molecule has 188 valence electrons. The smallest absolute Gasteiger partial charge is 0.412 e. The fourth-order valence-corrected chi connectivity index (χ4v) is 3.89. The molecule has 1 fully saturated rings. The molecule has 0 radical (unpaired) electrons. The van der Waals surface area contributed by atoms with Crippen LogP contribution in [0, 0.1) is 12.8 Å². The lowest BCUT2D eigenvalue weighted by atomic mass is 9.99. The number of likely N-dealkylation sites (tertiary alicyclic amines) is 1. The van der Waals surface area contributed by atoms with Crippen LogP contribution in [-0.2, 0) is 4.74 Å². The highest BCUT2D eigenvalue weighted by molar-refractivity contribution is 5.91. The number of amides is 3. The number of anilines is 2. The number of aryl methyl sites for hydroxylation is 1. The van der Waals surface area contributed by atoms with Crippen LogP contribution in [0.1, 0.15) is 12.0 Å². The Morgan fingerprint density at radius 1 is 1.08 bits per heavy atom. The number of carbonyl (C=O) groups is 2. The Morgan fingerprint density at radius 3 is 2.58 bits per heavy atom. The van der Waals surface area contributed by atoms with Gasteiger partial charge in [-0.3, -0.25) is 10.3 Å². The van der Waals surface area contributed by atoms with E-state index in [-0.39, 0.29) is 25.3 Å². The van der Waals surface area contributed by atoms with Gasteiger partial charge < -0.3 is 15.0 Å². The van der Waals surface area contributed by atoms with Crippen molar-refractivity contribution in [1.82, 2.24) is 19.9 Å². The van der Waals surface area contributed by atoms with Crippen LogP contribution in [0.2, 0.25) is 0 Å². The first kappa shape index (κ1) is 24.9. The van der Waals surface area contributed by atoms with Crippen molar-refractivity contribution in [2.45, 2.75) is 19.5 Å². The number of nitrogens with one attached hydrogen (secondary N) is 2. The molecule has 1 atom stereocenters. The molecular formula is C24H23F3N6O3. The molecule has 0 unspecified atom stereocenters. The van der Waals surface area contributed by atoms with E-state index in [9.17, 15) is 22.8 Å². The van der Waals surface area contributed by atoms with Crippen molar-refractivity contribution in [3.8, 4) is 22.4 Å². The van der Waals surface area contributed by atoms with Gasteiger partial charge >= 0.3 is 18.3 Å². The molecule has 0 saturated carbocycles. The first-order valence-corrected chi connectivity index (χ1v) is 11.0. The Labute approximate surface area is 204 Å². The fraction of sp³-hybridized carbons (Fsp3) is 0.292. The van der Waals surface area contributed by atoms with Gasteiger partial charge in [-0.1, -0.05) is 6.07 Å². The lowest BCUT2D eigenvalue weighted by Crippen LogP contribution is -2.35. The van der Waals surface area contributed by atoms with E-state index in [0.29, 0.717) is 16.9 Å². The highest BCUT2D eigenvalue weighted by Crippen LogP contribution is 2.34. The van der Waals surface area contributed by atoms with Crippen molar-refractivity contribution in [3.05, 3.63) is 54.6 Å². The molecule has 1 aliphatic heterocycles. The summed E-state index contributed by atoms with van der Waals surface area (Å²) in [6, 6.07) is 8.10. The van der Waals surface area contributed by atoms with Gasteiger partial charge in [0.1, 0.15) is 12.1 Å². The van der Waals surface area contributed by atoms with Gasteiger partial charge in [-0.15, -0.1) is 0 Å². The minimum absolute atomic E-state index is 0.0481. The molecule has 1 saturated heterocycles. The number of hydrogen-bond acceptors (Lipinski definition) is 6. The maximum atomic E-state index is 13.0. The van der Waals surface area contributed by atoms with E-state index in [2.05, 4.69) is 30.3 Å². The molecule has 3 amide bonds. The minimum atomic E-state index is -4.32. The van der Waals surface area contributed by atoms with Gasteiger partial charge in [0, 0.05) is 48.4 Å². The van der Waals surface area contributed by atoms with Crippen molar-refractivity contribution < 1.29 is 27.5 Å². The third kappa shape index (κ3) is 5.70. The van der Waals surface area contributed by atoms with E-state index in [4.69, 9.17) is 0 Å². The fourth-order valence-electron chi connectivity index (χ4n) is 3.89. The third-order valence-electron chi connectivity index (χ3n) is 5.85. The van der Waals surface area contributed by atoms with Crippen molar-refractivity contribution >= 4 is 23.6 Å². The number of rotatable bonds is 4. The lowest BCUT2D eigenvalue weighted by Gasteiger charge is -2.19. The van der Waals surface area contributed by atoms with Crippen molar-refractivity contribution in [3.63, 3.8) is 0 Å². The van der Waals surface area contributed by atoms with Gasteiger partial charge in [-0.25, -0.2) is 19.6 Å². The normalized spacial score (nSPS) is 15.5. The van der Waals surface area contributed by atoms with E-state index < -0.39 is 24.2 Å². The summed E-state index contributed by atoms with van der Waals surface area (Å²) < 4.78 is 43.5. The lowest BCUT2D eigenvalue weighted by molar-refractivity contribution is -0.169. The molecule has 1 aromatic carbocycles. The van der Waals surface area contributed by atoms with Crippen molar-refractivity contribution in [1.29, 1.82) is 0 Å². The molecule has 2 N–H and O–H groups in total. The first-order chi connectivity index (χ1) is 17.1. The zero-order valence-electron chi connectivity index (χ0n) is 19.5. The zero-order valence-corrected chi connectivity index (χ0v) is 19.5. The summed E-state index contributed by atoms with van der Waals surface area (Å²) in [5.41, 5.74) is 4.04. The molecule has 12 heteroatoms. The van der Waals surface area contributed by atoms with Crippen LogP contribution in [-0.4, -0.2) is 58.4 Å². The SMILES string of the molecule is COC(=O)Nc1cc(-c2cncc(-c3cc(NC(=O)N4CC[C@H](C(F)(F)F)C4)ccc3C)c2)ncn1. The van der Waals surface area contributed by atoms with E-state index >= 15 is 0 Å². The number of benzene rings is 1. The molecular weight excluding hydrogens is 477 g/mol. The molecule has 3 aromatic rings. The van der Waals surface area contributed by atoms with Crippen LogP contribution in [0.3, 0.4) is 0 Å². The summed E-state index contributed by atoms with van der Waals surface area (Å²) >= 11 is 0. The number of ether oxygens (including phenoxy) is 1. The van der Waals surface area contributed by atoms with Crippen molar-refractivity contribution in [2.75, 3.05) is 30.8 Å². The van der Waals surface area contributed by atoms with Crippen LogP contribution >= 0.6 is 0 Å². The maximum Gasteiger partial charge on any atom is 0.412 e. The predicted molar refractivity (Wildman–Crippen MR) is 126 cm³/mol. The Bertz CT molecular complexity index is 1280. The highest BCUT2D eigenvalue weighted by atomic mass is 19.4. The highest BCUT2D eigenvalue weighted by Gasteiger charge is 2.44. The number of nitrogens with zero attached hydrogens (tertiary/aromatic N) is 4. The van der Waals surface area contributed by atoms with E-state index in [0.717, 1.165) is 16.7 Å².